The molecule has 0 aromatic heterocycles. The van der Waals surface area contributed by atoms with Crippen LogP contribution in [0, 0.1) is 0 Å². The molecule has 32 heavy (non-hydrogen) atoms. The summed E-state index contributed by atoms with van der Waals surface area (Å²) in [5.74, 6) is -0.991. The third-order valence-corrected chi connectivity index (χ3v) is 7.62. The summed E-state index contributed by atoms with van der Waals surface area (Å²) < 4.78 is 32.0. The maximum absolute atomic E-state index is 13.0. The van der Waals surface area contributed by atoms with Gasteiger partial charge in [-0.3, -0.25) is 14.5 Å². The Morgan fingerprint density at radius 2 is 1.66 bits per heavy atom. The molecule has 2 aliphatic heterocycles. The monoisotopic (exact) mass is 457 g/mol. The Morgan fingerprint density at radius 3 is 2.28 bits per heavy atom. The summed E-state index contributed by atoms with van der Waals surface area (Å²) >= 11 is 0. The van der Waals surface area contributed by atoms with Crippen molar-refractivity contribution in [1.29, 1.82) is 0 Å². The van der Waals surface area contributed by atoms with Crippen LogP contribution in [-0.2, 0) is 25.1 Å². The molecule has 1 N–H and O–H groups in total. The molecule has 2 saturated heterocycles. The van der Waals surface area contributed by atoms with Crippen molar-refractivity contribution in [1.82, 2.24) is 14.5 Å². The van der Waals surface area contributed by atoms with Gasteiger partial charge in [-0.05, 0) is 36.8 Å². The molecule has 9 nitrogen and oxygen atoms in total. The summed E-state index contributed by atoms with van der Waals surface area (Å²) in [5, 5.41) is 2.66. The van der Waals surface area contributed by atoms with Crippen molar-refractivity contribution in [2.75, 3.05) is 32.8 Å². The SMILES string of the molecule is C[C@]1(c2ccccc2)NC(=O)N(CC(=O)c2ccc(S(=O)(=O)N3CCOCC3)cc2)C1=O. The average molecular weight is 458 g/mol. The highest BCUT2D eigenvalue weighted by atomic mass is 32.2. The summed E-state index contributed by atoms with van der Waals surface area (Å²) in [4.78, 5) is 39.1. The van der Waals surface area contributed by atoms with Crippen molar-refractivity contribution in [3.05, 3.63) is 65.7 Å². The molecule has 3 amide bonds. The molecular weight excluding hydrogens is 434 g/mol. The molecule has 2 aromatic carbocycles. The number of carbonyl (C=O) groups is 3. The van der Waals surface area contributed by atoms with Crippen LogP contribution in [0.4, 0.5) is 4.79 Å². The number of benzene rings is 2. The first-order valence-electron chi connectivity index (χ1n) is 10.1. The van der Waals surface area contributed by atoms with Crippen molar-refractivity contribution in [2.45, 2.75) is 17.4 Å². The minimum Gasteiger partial charge on any atom is -0.379 e. The zero-order valence-electron chi connectivity index (χ0n) is 17.5. The maximum Gasteiger partial charge on any atom is 0.325 e. The molecule has 168 valence electrons. The van der Waals surface area contributed by atoms with E-state index in [0.29, 0.717) is 18.8 Å². The van der Waals surface area contributed by atoms with E-state index in [1.54, 1.807) is 37.3 Å². The molecule has 0 unspecified atom stereocenters. The number of imide groups is 1. The number of ether oxygens (including phenoxy) is 1. The number of amides is 3. The van der Waals surface area contributed by atoms with Gasteiger partial charge in [-0.1, -0.05) is 30.3 Å². The minimum atomic E-state index is -3.68. The lowest BCUT2D eigenvalue weighted by atomic mass is 9.92. The van der Waals surface area contributed by atoms with Crippen molar-refractivity contribution in [3.63, 3.8) is 0 Å². The standard InChI is InChI=1S/C22H23N3O6S/c1-22(17-5-3-2-4-6-17)20(27)25(21(28)23-22)15-19(26)16-7-9-18(10-8-16)32(29,30)24-11-13-31-14-12-24/h2-10H,11-15H2,1H3,(H,23,28)/t22-/m1/s1. The number of nitrogens with one attached hydrogen (secondary N) is 1. The number of hydrogen-bond acceptors (Lipinski definition) is 6. The van der Waals surface area contributed by atoms with Crippen LogP contribution in [0.2, 0.25) is 0 Å². The van der Waals surface area contributed by atoms with Gasteiger partial charge in [0, 0.05) is 18.7 Å². The summed E-state index contributed by atoms with van der Waals surface area (Å²) in [6.45, 7) is 2.37. The molecular formula is C22H23N3O6S. The number of nitrogens with zero attached hydrogens (tertiary/aromatic N) is 2. The lowest BCUT2D eigenvalue weighted by molar-refractivity contribution is -0.130. The smallest absolute Gasteiger partial charge is 0.325 e. The number of Topliss-reactive ketones (excluding diaryl/α,β-unsaturated/α-hetero) is 1. The zero-order valence-corrected chi connectivity index (χ0v) is 18.3. The fourth-order valence-electron chi connectivity index (χ4n) is 3.79. The molecule has 10 heteroatoms. The van der Waals surface area contributed by atoms with Gasteiger partial charge in [-0.15, -0.1) is 0 Å². The Bertz CT molecular complexity index is 1140. The highest BCUT2D eigenvalue weighted by Gasteiger charge is 2.49. The zero-order chi connectivity index (χ0) is 22.9. The Morgan fingerprint density at radius 1 is 1.03 bits per heavy atom. The van der Waals surface area contributed by atoms with Crippen molar-refractivity contribution < 1.29 is 27.5 Å². The summed E-state index contributed by atoms with van der Waals surface area (Å²) in [6, 6.07) is 13.7. The number of hydrogen-bond donors (Lipinski definition) is 1. The van der Waals surface area contributed by atoms with Crippen LogP contribution in [0.25, 0.3) is 0 Å². The van der Waals surface area contributed by atoms with Gasteiger partial charge in [-0.2, -0.15) is 4.31 Å². The van der Waals surface area contributed by atoms with E-state index in [2.05, 4.69) is 5.32 Å². The number of ketones is 1. The van der Waals surface area contributed by atoms with Crippen molar-refractivity contribution in [3.8, 4) is 0 Å². The fourth-order valence-corrected chi connectivity index (χ4v) is 5.20. The quantitative estimate of drug-likeness (QED) is 0.518. The van der Waals surface area contributed by atoms with E-state index in [1.165, 1.54) is 28.6 Å². The van der Waals surface area contributed by atoms with Crippen molar-refractivity contribution in [2.24, 2.45) is 0 Å². The van der Waals surface area contributed by atoms with E-state index >= 15 is 0 Å². The van der Waals surface area contributed by atoms with E-state index in [4.69, 9.17) is 4.74 Å². The van der Waals surface area contributed by atoms with Crippen LogP contribution in [-0.4, -0.2) is 68.2 Å². The Balaban J connectivity index is 1.48. The van der Waals surface area contributed by atoms with Crippen LogP contribution >= 0.6 is 0 Å². The molecule has 0 bridgehead atoms. The fraction of sp³-hybridized carbons (Fsp3) is 0.318. The molecule has 0 radical (unpaired) electrons. The van der Waals surface area contributed by atoms with E-state index in [1.807, 2.05) is 0 Å². The predicted octanol–water partition coefficient (Wildman–Crippen LogP) is 1.36. The van der Waals surface area contributed by atoms with Gasteiger partial charge in [0.05, 0.1) is 24.7 Å². The largest absolute Gasteiger partial charge is 0.379 e. The van der Waals surface area contributed by atoms with Crippen LogP contribution < -0.4 is 5.32 Å². The Hall–Kier alpha value is -3.08. The molecule has 4 rings (SSSR count). The van der Waals surface area contributed by atoms with Crippen LogP contribution in [0.5, 0.6) is 0 Å². The van der Waals surface area contributed by atoms with Gasteiger partial charge in [0.1, 0.15) is 5.54 Å². The lowest BCUT2D eigenvalue weighted by Crippen LogP contribution is -2.41. The number of rotatable bonds is 6. The minimum absolute atomic E-state index is 0.0718. The highest BCUT2D eigenvalue weighted by Crippen LogP contribution is 2.28. The first-order valence-corrected chi connectivity index (χ1v) is 11.6. The highest BCUT2D eigenvalue weighted by molar-refractivity contribution is 7.89. The van der Waals surface area contributed by atoms with E-state index in [-0.39, 0.29) is 23.5 Å². The second-order valence-electron chi connectivity index (χ2n) is 7.78. The van der Waals surface area contributed by atoms with Crippen LogP contribution in [0.1, 0.15) is 22.8 Å². The van der Waals surface area contributed by atoms with Crippen LogP contribution in [0.3, 0.4) is 0 Å². The number of carbonyl (C=O) groups excluding carboxylic acids is 3. The first kappa shape index (κ1) is 22.1. The van der Waals surface area contributed by atoms with Gasteiger partial charge in [-0.25, -0.2) is 13.2 Å². The number of morpholine rings is 1. The Kier molecular flexibility index (Phi) is 5.85. The molecule has 0 spiro atoms. The predicted molar refractivity (Wildman–Crippen MR) is 114 cm³/mol. The summed E-state index contributed by atoms with van der Waals surface area (Å²) in [6.07, 6.45) is 0. The van der Waals surface area contributed by atoms with E-state index in [0.717, 1.165) is 4.90 Å². The topological polar surface area (TPSA) is 113 Å². The molecule has 2 aromatic rings. The lowest BCUT2D eigenvalue weighted by Gasteiger charge is -2.26. The van der Waals surface area contributed by atoms with Gasteiger partial charge in [0.2, 0.25) is 10.0 Å². The van der Waals surface area contributed by atoms with Gasteiger partial charge in [0.15, 0.2) is 5.78 Å². The third kappa shape index (κ3) is 3.92. The number of urea groups is 1. The van der Waals surface area contributed by atoms with Gasteiger partial charge in [0.25, 0.3) is 5.91 Å². The average Bonchev–Trinajstić information content (AvgIpc) is 3.04. The molecule has 2 heterocycles. The second-order valence-corrected chi connectivity index (χ2v) is 9.71. The Labute approximate surface area is 186 Å². The molecule has 1 atom stereocenters. The van der Waals surface area contributed by atoms with Crippen molar-refractivity contribution >= 4 is 27.7 Å². The number of sulfonamides is 1. The summed E-state index contributed by atoms with van der Waals surface area (Å²) in [7, 11) is -3.68. The van der Waals surface area contributed by atoms with E-state index in [9.17, 15) is 22.8 Å². The third-order valence-electron chi connectivity index (χ3n) is 5.71. The van der Waals surface area contributed by atoms with Gasteiger partial charge >= 0.3 is 6.03 Å². The molecule has 2 aliphatic rings. The van der Waals surface area contributed by atoms with Crippen LogP contribution in [0.15, 0.2) is 59.5 Å². The maximum atomic E-state index is 13.0. The summed E-state index contributed by atoms with van der Waals surface area (Å²) in [5.41, 5.74) is -0.430. The normalized spacial score (nSPS) is 22.1. The first-order chi connectivity index (χ1) is 15.2. The molecule has 0 aliphatic carbocycles. The van der Waals surface area contributed by atoms with E-state index < -0.39 is 39.8 Å². The molecule has 0 saturated carbocycles. The van der Waals surface area contributed by atoms with Gasteiger partial charge < -0.3 is 10.1 Å². The molecule has 2 fully saturated rings. The second kappa shape index (κ2) is 8.45.